The highest BCUT2D eigenvalue weighted by molar-refractivity contribution is 5.98. The van der Waals surface area contributed by atoms with E-state index in [-0.39, 0.29) is 5.41 Å². The van der Waals surface area contributed by atoms with E-state index in [1.807, 2.05) is 0 Å². The second kappa shape index (κ2) is 13.7. The van der Waals surface area contributed by atoms with E-state index in [0.29, 0.717) is 0 Å². The van der Waals surface area contributed by atoms with Gasteiger partial charge in [-0.05, 0) is 138 Å². The Balaban J connectivity index is 1.04. The summed E-state index contributed by atoms with van der Waals surface area (Å²) in [5.74, 6) is 0. The maximum atomic E-state index is 2.43. The van der Waals surface area contributed by atoms with Gasteiger partial charge in [-0.25, -0.2) is 0 Å². The molecule has 0 saturated heterocycles. The van der Waals surface area contributed by atoms with Gasteiger partial charge in [0.15, 0.2) is 0 Å². The average Bonchev–Trinajstić information content (AvgIpc) is 3.49. The van der Waals surface area contributed by atoms with Gasteiger partial charge >= 0.3 is 0 Å². The molecule has 0 heterocycles. The van der Waals surface area contributed by atoms with E-state index in [0.717, 1.165) is 17.1 Å². The maximum absolute atomic E-state index is 2.43. The molecule has 0 saturated carbocycles. The molecule has 0 spiro atoms. The lowest BCUT2D eigenvalue weighted by Gasteiger charge is -2.28. The molecule has 1 aliphatic rings. The summed E-state index contributed by atoms with van der Waals surface area (Å²) in [6, 6.07) is 77.5. The van der Waals surface area contributed by atoms with E-state index >= 15 is 0 Å². The lowest BCUT2D eigenvalue weighted by molar-refractivity contribution is 0.660. The van der Waals surface area contributed by atoms with E-state index in [4.69, 9.17) is 0 Å². The van der Waals surface area contributed by atoms with E-state index in [2.05, 4.69) is 231 Å². The minimum atomic E-state index is -0.173. The number of fused-ring (bicyclic) bond motifs is 4. The Kier molecular flexibility index (Phi) is 8.23. The number of hydrogen-bond donors (Lipinski definition) is 0. The molecule has 0 radical (unpaired) electrons. The van der Waals surface area contributed by atoms with Crippen molar-refractivity contribution in [1.82, 2.24) is 0 Å². The Morgan fingerprint density at radius 2 is 0.768 bits per heavy atom. The van der Waals surface area contributed by atoms with Crippen LogP contribution < -0.4 is 4.90 Å². The van der Waals surface area contributed by atoms with Crippen molar-refractivity contribution in [2.24, 2.45) is 0 Å². The van der Waals surface area contributed by atoms with Gasteiger partial charge in [0.25, 0.3) is 0 Å². The first kappa shape index (κ1) is 33.6. The van der Waals surface area contributed by atoms with Gasteiger partial charge in [-0.15, -0.1) is 0 Å². The molecule has 0 aromatic heterocycles. The van der Waals surface area contributed by atoms with Gasteiger partial charge in [-0.2, -0.15) is 0 Å². The topological polar surface area (TPSA) is 3.24 Å². The van der Waals surface area contributed by atoms with Crippen molar-refractivity contribution in [1.29, 1.82) is 0 Å². The summed E-state index contributed by atoms with van der Waals surface area (Å²) in [6.45, 7) is 4.76. The lowest BCUT2D eigenvalue weighted by atomic mass is 9.81. The molecular formula is C55H41N. The van der Waals surface area contributed by atoms with E-state index in [1.54, 1.807) is 0 Å². The van der Waals surface area contributed by atoms with Gasteiger partial charge in [-0.3, -0.25) is 0 Å². The van der Waals surface area contributed by atoms with Gasteiger partial charge in [-0.1, -0.05) is 166 Å². The Morgan fingerprint density at radius 3 is 1.41 bits per heavy atom. The molecule has 0 bridgehead atoms. The van der Waals surface area contributed by atoms with Crippen LogP contribution in [0.25, 0.3) is 66.4 Å². The first-order chi connectivity index (χ1) is 27.5. The third kappa shape index (κ3) is 5.90. The average molecular weight is 716 g/mol. The van der Waals surface area contributed by atoms with Crippen LogP contribution in [-0.2, 0) is 5.41 Å². The highest BCUT2D eigenvalue weighted by atomic mass is 15.1. The van der Waals surface area contributed by atoms with Crippen LogP contribution in [0.4, 0.5) is 17.1 Å². The van der Waals surface area contributed by atoms with E-state index in [1.165, 1.54) is 77.5 Å². The fourth-order valence-electron chi connectivity index (χ4n) is 8.73. The van der Waals surface area contributed by atoms with Crippen molar-refractivity contribution in [3.8, 4) is 55.6 Å². The number of benzene rings is 9. The highest BCUT2D eigenvalue weighted by Crippen LogP contribution is 2.52. The van der Waals surface area contributed by atoms with Crippen molar-refractivity contribution in [3.05, 3.63) is 223 Å². The highest BCUT2D eigenvalue weighted by Gasteiger charge is 2.36. The molecule has 9 aromatic rings. The van der Waals surface area contributed by atoms with Crippen molar-refractivity contribution < 1.29 is 0 Å². The van der Waals surface area contributed by atoms with Crippen LogP contribution in [0.2, 0.25) is 0 Å². The molecule has 0 amide bonds. The van der Waals surface area contributed by atoms with Crippen LogP contribution in [0, 0.1) is 0 Å². The zero-order chi connectivity index (χ0) is 37.6. The first-order valence-electron chi connectivity index (χ1n) is 19.5. The second-order valence-electron chi connectivity index (χ2n) is 15.4. The Morgan fingerprint density at radius 1 is 0.304 bits per heavy atom. The van der Waals surface area contributed by atoms with Crippen molar-refractivity contribution >= 4 is 27.8 Å². The molecule has 266 valence electrons. The normalized spacial score (nSPS) is 12.6. The fraction of sp³-hybridized carbons (Fsp3) is 0.0545. The van der Waals surface area contributed by atoms with Gasteiger partial charge in [0.1, 0.15) is 0 Å². The molecule has 0 fully saturated rings. The molecule has 56 heavy (non-hydrogen) atoms. The van der Waals surface area contributed by atoms with Gasteiger partial charge in [0, 0.05) is 22.5 Å². The number of nitrogens with zero attached hydrogens (tertiary/aromatic N) is 1. The molecule has 0 unspecified atom stereocenters. The van der Waals surface area contributed by atoms with Crippen LogP contribution in [0.1, 0.15) is 25.0 Å². The Hall–Kier alpha value is -6.96. The predicted molar refractivity (Wildman–Crippen MR) is 238 cm³/mol. The summed E-state index contributed by atoms with van der Waals surface area (Å²) < 4.78 is 0. The van der Waals surface area contributed by atoms with Crippen LogP contribution in [0.5, 0.6) is 0 Å². The summed E-state index contributed by atoms with van der Waals surface area (Å²) in [5.41, 5.74) is 18.4. The minimum absolute atomic E-state index is 0.173. The maximum Gasteiger partial charge on any atom is 0.0465 e. The lowest BCUT2D eigenvalue weighted by Crippen LogP contribution is -2.16. The number of para-hydroxylation sites is 1. The monoisotopic (exact) mass is 715 g/mol. The molecule has 0 aliphatic heterocycles. The second-order valence-corrected chi connectivity index (χ2v) is 15.4. The first-order valence-corrected chi connectivity index (χ1v) is 19.5. The van der Waals surface area contributed by atoms with Crippen LogP contribution in [0.3, 0.4) is 0 Å². The van der Waals surface area contributed by atoms with Crippen molar-refractivity contribution in [3.63, 3.8) is 0 Å². The molecule has 0 atom stereocenters. The summed E-state index contributed by atoms with van der Waals surface area (Å²) in [7, 11) is 0. The minimum Gasteiger partial charge on any atom is -0.310 e. The van der Waals surface area contributed by atoms with Crippen LogP contribution >= 0.6 is 0 Å². The van der Waals surface area contributed by atoms with Crippen molar-refractivity contribution in [2.75, 3.05) is 4.90 Å². The zero-order valence-electron chi connectivity index (χ0n) is 31.7. The summed E-state index contributed by atoms with van der Waals surface area (Å²) in [5, 5.41) is 2.56. The van der Waals surface area contributed by atoms with Gasteiger partial charge < -0.3 is 4.90 Å². The Bertz CT molecular complexity index is 2790. The molecule has 1 nitrogen and oxygen atoms in total. The molecule has 1 heteroatoms. The van der Waals surface area contributed by atoms with E-state index < -0.39 is 0 Å². The quantitative estimate of drug-likeness (QED) is 0.159. The third-order valence-corrected chi connectivity index (χ3v) is 11.6. The number of rotatable bonds is 7. The molecule has 10 rings (SSSR count). The SMILES string of the molecule is CC1(C)c2cc(-c3cccc4ccccc34)ccc2-c2ccc(N(c3ccccc3)c3ccc(-c4cc(-c5ccccc5)cc(-c5ccccc5)c4)cc3)cc21. The molecule has 1 aliphatic carbocycles. The summed E-state index contributed by atoms with van der Waals surface area (Å²) in [6.07, 6.45) is 0. The molecular weight excluding hydrogens is 675 g/mol. The fourth-order valence-corrected chi connectivity index (χ4v) is 8.73. The third-order valence-electron chi connectivity index (χ3n) is 11.6. The standard InChI is InChI=1S/C55H41N/c1-55(2)53-36-42(50-24-14-20-41-19-12-13-23-49(41)50)27-31-51(53)52-32-30-48(37-54(52)55)56(46-21-10-5-11-22-46)47-28-25-40(26-29-47)45-34-43(38-15-6-3-7-16-38)33-44(35-45)39-17-8-4-9-18-39/h3-37H,1-2H3. The van der Waals surface area contributed by atoms with Crippen LogP contribution in [0.15, 0.2) is 212 Å². The summed E-state index contributed by atoms with van der Waals surface area (Å²) in [4.78, 5) is 2.39. The number of anilines is 3. The van der Waals surface area contributed by atoms with Crippen LogP contribution in [-0.4, -0.2) is 0 Å². The smallest absolute Gasteiger partial charge is 0.0465 e. The zero-order valence-corrected chi connectivity index (χ0v) is 31.7. The number of hydrogen-bond acceptors (Lipinski definition) is 1. The van der Waals surface area contributed by atoms with E-state index in [9.17, 15) is 0 Å². The largest absolute Gasteiger partial charge is 0.310 e. The molecule has 0 N–H and O–H groups in total. The summed E-state index contributed by atoms with van der Waals surface area (Å²) >= 11 is 0. The predicted octanol–water partition coefficient (Wildman–Crippen LogP) is 15.3. The van der Waals surface area contributed by atoms with Gasteiger partial charge in [0.2, 0.25) is 0 Å². The molecule has 9 aromatic carbocycles. The van der Waals surface area contributed by atoms with Crippen molar-refractivity contribution in [2.45, 2.75) is 19.3 Å². The Labute approximate surface area is 329 Å². The van der Waals surface area contributed by atoms with Gasteiger partial charge in [0.05, 0.1) is 0 Å².